The summed E-state index contributed by atoms with van der Waals surface area (Å²) in [6.07, 6.45) is 1.79. The first-order valence-corrected chi connectivity index (χ1v) is 7.55. The van der Waals surface area contributed by atoms with Gasteiger partial charge in [0.2, 0.25) is 5.91 Å². The lowest BCUT2D eigenvalue weighted by molar-refractivity contribution is -0.131. The average molecular weight is 308 g/mol. The van der Waals surface area contributed by atoms with E-state index in [1.807, 2.05) is 12.1 Å². The van der Waals surface area contributed by atoms with Crippen LogP contribution in [0.15, 0.2) is 24.3 Å². The Balaban J connectivity index is 2.54. The molecule has 0 aromatic heterocycles. The van der Waals surface area contributed by atoms with Crippen LogP contribution in [0.1, 0.15) is 24.0 Å². The van der Waals surface area contributed by atoms with E-state index < -0.39 is 0 Å². The molecule has 0 saturated heterocycles. The first kappa shape index (κ1) is 17.6. The Bertz CT molecular complexity index is 477. The van der Waals surface area contributed by atoms with E-state index >= 15 is 0 Å². The second-order valence-corrected chi connectivity index (χ2v) is 5.54. The number of hydrogen-bond donors (Lipinski definition) is 1. The lowest BCUT2D eigenvalue weighted by Crippen LogP contribution is -2.36. The minimum atomic E-state index is 0.117. The van der Waals surface area contributed by atoms with Crippen LogP contribution >= 0.6 is 12.2 Å². The zero-order chi connectivity index (χ0) is 15.7. The number of nitrogens with two attached hydrogens (primary N) is 1. The maximum Gasteiger partial charge on any atom is 0.222 e. The van der Waals surface area contributed by atoms with Crippen LogP contribution in [0.5, 0.6) is 0 Å². The molecule has 0 fully saturated rings. The highest BCUT2D eigenvalue weighted by Crippen LogP contribution is 2.10. The molecule has 0 bridgehead atoms. The highest BCUT2D eigenvalue weighted by Gasteiger charge is 2.13. The van der Waals surface area contributed by atoms with Crippen molar-refractivity contribution < 1.29 is 9.53 Å². The summed E-state index contributed by atoms with van der Waals surface area (Å²) in [6.45, 7) is 3.72. The van der Waals surface area contributed by atoms with Gasteiger partial charge < -0.3 is 15.4 Å². The molecule has 1 aromatic rings. The smallest absolute Gasteiger partial charge is 0.222 e. The molecule has 1 amide bonds. The van der Waals surface area contributed by atoms with E-state index in [4.69, 9.17) is 22.7 Å². The van der Waals surface area contributed by atoms with Crippen molar-refractivity contribution in [2.75, 3.05) is 26.8 Å². The van der Waals surface area contributed by atoms with Gasteiger partial charge in [0, 0.05) is 33.0 Å². The number of amides is 1. The van der Waals surface area contributed by atoms with Crippen LogP contribution in [-0.2, 0) is 16.0 Å². The average Bonchev–Trinajstić information content (AvgIpc) is 2.46. The number of carbonyl (C=O) groups is 1. The molecule has 0 aliphatic rings. The number of rotatable bonds is 9. The van der Waals surface area contributed by atoms with Gasteiger partial charge in [0.1, 0.15) is 0 Å². The molecule has 5 heteroatoms. The lowest BCUT2D eigenvalue weighted by Gasteiger charge is -2.22. The minimum absolute atomic E-state index is 0.117. The topological polar surface area (TPSA) is 55.6 Å². The molecular weight excluding hydrogens is 284 g/mol. The molecule has 0 atom stereocenters. The Morgan fingerprint density at radius 1 is 1.29 bits per heavy atom. The van der Waals surface area contributed by atoms with Crippen molar-refractivity contribution in [3.63, 3.8) is 0 Å². The monoisotopic (exact) mass is 308 g/mol. The zero-order valence-electron chi connectivity index (χ0n) is 12.8. The van der Waals surface area contributed by atoms with Gasteiger partial charge in [-0.2, -0.15) is 0 Å². The van der Waals surface area contributed by atoms with Crippen LogP contribution in [0.2, 0.25) is 0 Å². The molecule has 0 heterocycles. The van der Waals surface area contributed by atoms with Crippen molar-refractivity contribution in [1.82, 2.24) is 4.90 Å². The van der Waals surface area contributed by atoms with E-state index in [1.165, 1.54) is 11.1 Å². The first-order chi connectivity index (χ1) is 10.0. The molecule has 1 aromatic carbocycles. The third-order valence-electron chi connectivity index (χ3n) is 3.42. The fraction of sp³-hybridized carbons (Fsp3) is 0.500. The second-order valence-electron chi connectivity index (χ2n) is 5.02. The quantitative estimate of drug-likeness (QED) is 0.710. The van der Waals surface area contributed by atoms with E-state index in [1.54, 1.807) is 12.0 Å². The van der Waals surface area contributed by atoms with E-state index in [9.17, 15) is 4.79 Å². The molecule has 21 heavy (non-hydrogen) atoms. The fourth-order valence-electron chi connectivity index (χ4n) is 2.10. The number of hydrogen-bond acceptors (Lipinski definition) is 3. The molecule has 0 aliphatic heterocycles. The first-order valence-electron chi connectivity index (χ1n) is 7.14. The molecule has 4 nitrogen and oxygen atoms in total. The standard InChI is InChI=1S/C16H24N2O2S/c1-13-5-3-4-6-14(13)7-8-16(19)18(11-12-20-2)10-9-15(17)21/h3-6H,7-12H2,1-2H3,(H2,17,21). The summed E-state index contributed by atoms with van der Waals surface area (Å²) in [5.41, 5.74) is 7.95. The number of aryl methyl sites for hydroxylation is 2. The van der Waals surface area contributed by atoms with Gasteiger partial charge in [0.25, 0.3) is 0 Å². The van der Waals surface area contributed by atoms with E-state index in [0.717, 1.165) is 6.42 Å². The summed E-state index contributed by atoms with van der Waals surface area (Å²) in [5, 5.41) is 0. The number of benzene rings is 1. The van der Waals surface area contributed by atoms with Crippen LogP contribution < -0.4 is 5.73 Å². The van der Waals surface area contributed by atoms with E-state index in [2.05, 4.69) is 19.1 Å². The third kappa shape index (κ3) is 6.69. The molecule has 1 rings (SSSR count). The van der Waals surface area contributed by atoms with Crippen molar-refractivity contribution in [2.24, 2.45) is 5.73 Å². The van der Waals surface area contributed by atoms with Gasteiger partial charge in [-0.3, -0.25) is 4.79 Å². The number of methoxy groups -OCH3 is 1. The van der Waals surface area contributed by atoms with E-state index in [0.29, 0.717) is 37.5 Å². The Labute approximate surface area is 132 Å². The van der Waals surface area contributed by atoms with Crippen LogP contribution in [0.25, 0.3) is 0 Å². The van der Waals surface area contributed by atoms with Crippen molar-refractivity contribution >= 4 is 23.1 Å². The van der Waals surface area contributed by atoms with Crippen molar-refractivity contribution in [3.05, 3.63) is 35.4 Å². The Hall–Kier alpha value is -1.46. The largest absolute Gasteiger partial charge is 0.393 e. The van der Waals surface area contributed by atoms with Crippen LogP contribution in [0.4, 0.5) is 0 Å². The fourth-order valence-corrected chi connectivity index (χ4v) is 2.19. The van der Waals surface area contributed by atoms with Crippen molar-refractivity contribution in [1.29, 1.82) is 0 Å². The highest BCUT2D eigenvalue weighted by atomic mass is 32.1. The van der Waals surface area contributed by atoms with Crippen LogP contribution in [0, 0.1) is 6.92 Å². The lowest BCUT2D eigenvalue weighted by atomic mass is 10.0. The summed E-state index contributed by atoms with van der Waals surface area (Å²) >= 11 is 4.88. The number of carbonyl (C=O) groups excluding carboxylic acids is 1. The second kappa shape index (κ2) is 9.47. The predicted octanol–water partition coefficient (Wildman–Crippen LogP) is 2.08. The predicted molar refractivity (Wildman–Crippen MR) is 89.4 cm³/mol. The summed E-state index contributed by atoms with van der Waals surface area (Å²) in [4.78, 5) is 14.5. The summed E-state index contributed by atoms with van der Waals surface area (Å²) in [7, 11) is 1.63. The van der Waals surface area contributed by atoms with Crippen LogP contribution in [0.3, 0.4) is 0 Å². The number of nitrogens with zero attached hydrogens (tertiary/aromatic N) is 1. The summed E-state index contributed by atoms with van der Waals surface area (Å²) < 4.78 is 5.05. The number of ether oxygens (including phenoxy) is 1. The van der Waals surface area contributed by atoms with Gasteiger partial charge in [-0.05, 0) is 24.5 Å². The van der Waals surface area contributed by atoms with Gasteiger partial charge in [-0.25, -0.2) is 0 Å². The molecule has 0 saturated carbocycles. The Kier molecular flexibility index (Phi) is 7.93. The SMILES string of the molecule is COCCN(CCC(N)=S)C(=O)CCc1ccccc1C. The van der Waals surface area contributed by atoms with E-state index in [-0.39, 0.29) is 5.91 Å². The van der Waals surface area contributed by atoms with Crippen LogP contribution in [-0.4, -0.2) is 42.6 Å². The summed E-state index contributed by atoms with van der Waals surface area (Å²) in [5.74, 6) is 0.117. The van der Waals surface area contributed by atoms with Gasteiger partial charge in [0.15, 0.2) is 0 Å². The van der Waals surface area contributed by atoms with Crippen molar-refractivity contribution in [3.8, 4) is 0 Å². The molecule has 0 unspecified atom stereocenters. The zero-order valence-corrected chi connectivity index (χ0v) is 13.6. The van der Waals surface area contributed by atoms with Gasteiger partial charge in [0.05, 0.1) is 11.6 Å². The Morgan fingerprint density at radius 3 is 2.62 bits per heavy atom. The maximum atomic E-state index is 12.3. The van der Waals surface area contributed by atoms with Gasteiger partial charge >= 0.3 is 0 Å². The summed E-state index contributed by atoms with van der Waals surface area (Å²) in [6, 6.07) is 8.14. The highest BCUT2D eigenvalue weighted by molar-refractivity contribution is 7.80. The van der Waals surface area contributed by atoms with Gasteiger partial charge in [-0.1, -0.05) is 36.5 Å². The molecule has 0 aliphatic carbocycles. The molecular formula is C16H24N2O2S. The molecule has 0 radical (unpaired) electrons. The molecule has 0 spiro atoms. The van der Waals surface area contributed by atoms with Gasteiger partial charge in [-0.15, -0.1) is 0 Å². The normalized spacial score (nSPS) is 10.4. The maximum absolute atomic E-state index is 12.3. The minimum Gasteiger partial charge on any atom is -0.393 e. The number of thiocarbonyl (C=S) groups is 1. The molecule has 2 N–H and O–H groups in total. The third-order valence-corrected chi connectivity index (χ3v) is 3.62. The Morgan fingerprint density at radius 2 is 2.00 bits per heavy atom. The van der Waals surface area contributed by atoms with Crippen molar-refractivity contribution in [2.45, 2.75) is 26.2 Å². The molecule has 116 valence electrons.